The van der Waals surface area contributed by atoms with Gasteiger partial charge in [0.1, 0.15) is 0 Å². The van der Waals surface area contributed by atoms with Crippen LogP contribution in [0.4, 0.5) is 0 Å². The molecular formula is C10H9Cl2N3O. The summed E-state index contributed by atoms with van der Waals surface area (Å²) in [6, 6.07) is 5.51. The van der Waals surface area contributed by atoms with Gasteiger partial charge in [-0.2, -0.15) is 4.98 Å². The summed E-state index contributed by atoms with van der Waals surface area (Å²) >= 11 is 11.7. The number of aromatic nitrogens is 2. The zero-order valence-corrected chi connectivity index (χ0v) is 9.79. The molecular weight excluding hydrogens is 249 g/mol. The van der Waals surface area contributed by atoms with E-state index >= 15 is 0 Å². The first-order valence-corrected chi connectivity index (χ1v) is 5.41. The molecule has 4 nitrogen and oxygen atoms in total. The van der Waals surface area contributed by atoms with E-state index in [9.17, 15) is 0 Å². The summed E-state index contributed by atoms with van der Waals surface area (Å²) in [4.78, 5) is 3.89. The summed E-state index contributed by atoms with van der Waals surface area (Å²) in [5, 5.41) is 7.96. The van der Waals surface area contributed by atoms with Crippen LogP contribution < -0.4 is 5.32 Å². The molecule has 16 heavy (non-hydrogen) atoms. The second kappa shape index (κ2) is 5.30. The first-order chi connectivity index (χ1) is 7.75. The highest BCUT2D eigenvalue weighted by molar-refractivity contribution is 6.42. The van der Waals surface area contributed by atoms with Crippen molar-refractivity contribution in [1.82, 2.24) is 15.5 Å². The van der Waals surface area contributed by atoms with E-state index in [1.54, 1.807) is 6.07 Å². The summed E-state index contributed by atoms with van der Waals surface area (Å²) in [6.07, 6.45) is 1.30. The van der Waals surface area contributed by atoms with Gasteiger partial charge in [0, 0.05) is 6.54 Å². The Morgan fingerprint density at radius 1 is 1.19 bits per heavy atom. The molecule has 1 aromatic heterocycles. The Kier molecular flexibility index (Phi) is 3.77. The van der Waals surface area contributed by atoms with Crippen LogP contribution in [0, 0.1) is 0 Å². The van der Waals surface area contributed by atoms with E-state index in [-0.39, 0.29) is 0 Å². The molecule has 0 saturated heterocycles. The summed E-state index contributed by atoms with van der Waals surface area (Å²) in [5.41, 5.74) is 1.05. The summed E-state index contributed by atoms with van der Waals surface area (Å²) in [5.74, 6) is 0.625. The van der Waals surface area contributed by atoms with Crippen molar-refractivity contribution in [3.63, 3.8) is 0 Å². The van der Waals surface area contributed by atoms with Crippen molar-refractivity contribution in [2.45, 2.75) is 13.1 Å². The Morgan fingerprint density at radius 2 is 2.06 bits per heavy atom. The van der Waals surface area contributed by atoms with Crippen molar-refractivity contribution < 1.29 is 4.52 Å². The zero-order valence-electron chi connectivity index (χ0n) is 8.28. The predicted molar refractivity (Wildman–Crippen MR) is 61.3 cm³/mol. The van der Waals surface area contributed by atoms with Gasteiger partial charge in [0.05, 0.1) is 16.6 Å². The van der Waals surface area contributed by atoms with Crippen LogP contribution in [-0.4, -0.2) is 10.1 Å². The third kappa shape index (κ3) is 2.95. The Hall–Kier alpha value is -1.10. The number of halogens is 2. The smallest absolute Gasteiger partial charge is 0.213 e. The van der Waals surface area contributed by atoms with Crippen molar-refractivity contribution in [1.29, 1.82) is 0 Å². The molecule has 0 aliphatic carbocycles. The molecule has 0 aliphatic rings. The van der Waals surface area contributed by atoms with E-state index in [2.05, 4.69) is 20.0 Å². The Morgan fingerprint density at radius 3 is 2.75 bits per heavy atom. The highest BCUT2D eigenvalue weighted by Crippen LogP contribution is 2.22. The van der Waals surface area contributed by atoms with E-state index in [0.29, 0.717) is 29.0 Å². The Bertz CT molecular complexity index is 459. The minimum atomic E-state index is 0.552. The quantitative estimate of drug-likeness (QED) is 0.915. The monoisotopic (exact) mass is 257 g/mol. The van der Waals surface area contributed by atoms with Gasteiger partial charge in [-0.05, 0) is 17.7 Å². The summed E-state index contributed by atoms with van der Waals surface area (Å²) in [7, 11) is 0. The third-order valence-electron chi connectivity index (χ3n) is 2.00. The number of rotatable bonds is 4. The molecule has 1 heterocycles. The lowest BCUT2D eigenvalue weighted by atomic mass is 10.2. The van der Waals surface area contributed by atoms with Gasteiger partial charge >= 0.3 is 0 Å². The van der Waals surface area contributed by atoms with Gasteiger partial charge in [-0.25, -0.2) is 0 Å². The third-order valence-corrected chi connectivity index (χ3v) is 2.74. The van der Waals surface area contributed by atoms with Crippen LogP contribution in [0.2, 0.25) is 10.0 Å². The number of hydrogen-bond acceptors (Lipinski definition) is 4. The molecule has 2 rings (SSSR count). The SMILES string of the molecule is Clc1ccc(CNCc2ncon2)cc1Cl. The maximum absolute atomic E-state index is 5.89. The number of nitrogens with one attached hydrogen (secondary N) is 1. The average Bonchev–Trinajstić information content (AvgIpc) is 2.76. The van der Waals surface area contributed by atoms with Gasteiger partial charge < -0.3 is 9.84 Å². The molecule has 2 aromatic rings. The molecule has 0 saturated carbocycles. The van der Waals surface area contributed by atoms with E-state index < -0.39 is 0 Å². The molecule has 0 unspecified atom stereocenters. The second-order valence-electron chi connectivity index (χ2n) is 3.20. The molecule has 0 radical (unpaired) electrons. The Labute approximate surface area is 103 Å². The molecule has 0 fully saturated rings. The highest BCUT2D eigenvalue weighted by atomic mass is 35.5. The van der Waals surface area contributed by atoms with E-state index in [0.717, 1.165) is 5.56 Å². The number of hydrogen-bond donors (Lipinski definition) is 1. The second-order valence-corrected chi connectivity index (χ2v) is 4.01. The largest absolute Gasteiger partial charge is 0.343 e. The maximum Gasteiger partial charge on any atom is 0.213 e. The standard InChI is InChI=1S/C10H9Cl2N3O/c11-8-2-1-7(3-9(8)12)4-13-5-10-14-6-16-15-10/h1-3,6,13H,4-5H2. The van der Waals surface area contributed by atoms with E-state index in [1.807, 2.05) is 12.1 Å². The van der Waals surface area contributed by atoms with Crippen LogP contribution in [0.1, 0.15) is 11.4 Å². The number of nitrogens with zero attached hydrogens (tertiary/aromatic N) is 2. The first kappa shape index (κ1) is 11.4. The van der Waals surface area contributed by atoms with Crippen LogP contribution >= 0.6 is 23.2 Å². The van der Waals surface area contributed by atoms with Gasteiger partial charge in [0.15, 0.2) is 5.82 Å². The minimum absolute atomic E-state index is 0.552. The highest BCUT2D eigenvalue weighted by Gasteiger charge is 2.01. The number of benzene rings is 1. The first-order valence-electron chi connectivity index (χ1n) is 4.65. The molecule has 0 bridgehead atoms. The van der Waals surface area contributed by atoms with E-state index in [1.165, 1.54) is 6.39 Å². The molecule has 6 heteroatoms. The minimum Gasteiger partial charge on any atom is -0.343 e. The zero-order chi connectivity index (χ0) is 11.4. The molecule has 0 atom stereocenters. The summed E-state index contributed by atoms with van der Waals surface area (Å²) < 4.78 is 4.61. The van der Waals surface area contributed by atoms with Gasteiger partial charge in [-0.15, -0.1) is 0 Å². The fourth-order valence-electron chi connectivity index (χ4n) is 1.24. The van der Waals surface area contributed by atoms with Gasteiger partial charge in [0.2, 0.25) is 6.39 Å². The van der Waals surface area contributed by atoms with Crippen LogP contribution in [0.25, 0.3) is 0 Å². The van der Waals surface area contributed by atoms with Crippen molar-refractivity contribution in [3.8, 4) is 0 Å². The lowest BCUT2D eigenvalue weighted by Gasteiger charge is -2.03. The fraction of sp³-hybridized carbons (Fsp3) is 0.200. The molecule has 84 valence electrons. The predicted octanol–water partition coefficient (Wildman–Crippen LogP) is 2.67. The summed E-state index contributed by atoms with van der Waals surface area (Å²) in [6.45, 7) is 1.22. The molecule has 1 aromatic carbocycles. The van der Waals surface area contributed by atoms with Crippen LogP contribution in [0.15, 0.2) is 29.1 Å². The topological polar surface area (TPSA) is 51.0 Å². The van der Waals surface area contributed by atoms with Crippen molar-refractivity contribution in [2.75, 3.05) is 0 Å². The normalized spacial score (nSPS) is 10.6. The van der Waals surface area contributed by atoms with Crippen molar-refractivity contribution in [2.24, 2.45) is 0 Å². The molecule has 0 aliphatic heterocycles. The molecule has 0 spiro atoms. The lowest BCUT2D eigenvalue weighted by Crippen LogP contribution is -2.13. The van der Waals surface area contributed by atoms with E-state index in [4.69, 9.17) is 23.2 Å². The molecule has 0 amide bonds. The van der Waals surface area contributed by atoms with Crippen molar-refractivity contribution >= 4 is 23.2 Å². The van der Waals surface area contributed by atoms with Crippen LogP contribution in [0.5, 0.6) is 0 Å². The lowest BCUT2D eigenvalue weighted by molar-refractivity contribution is 0.407. The van der Waals surface area contributed by atoms with Gasteiger partial charge in [-0.3, -0.25) is 0 Å². The molecule has 1 N–H and O–H groups in total. The van der Waals surface area contributed by atoms with Crippen LogP contribution in [-0.2, 0) is 13.1 Å². The van der Waals surface area contributed by atoms with Gasteiger partial charge in [-0.1, -0.05) is 34.4 Å². The fourth-order valence-corrected chi connectivity index (χ4v) is 1.56. The van der Waals surface area contributed by atoms with Gasteiger partial charge in [0.25, 0.3) is 0 Å². The maximum atomic E-state index is 5.89. The Balaban J connectivity index is 1.87. The van der Waals surface area contributed by atoms with Crippen LogP contribution in [0.3, 0.4) is 0 Å². The van der Waals surface area contributed by atoms with Crippen molar-refractivity contribution in [3.05, 3.63) is 46.0 Å². The average molecular weight is 258 g/mol.